The van der Waals surface area contributed by atoms with Crippen molar-refractivity contribution in [2.75, 3.05) is 0 Å². The van der Waals surface area contributed by atoms with Crippen molar-refractivity contribution in [1.29, 1.82) is 0 Å². The van der Waals surface area contributed by atoms with Crippen molar-refractivity contribution in [3.63, 3.8) is 0 Å². The second-order valence-electron chi connectivity index (χ2n) is 5.57. The van der Waals surface area contributed by atoms with Gasteiger partial charge in [0, 0.05) is 11.0 Å². The summed E-state index contributed by atoms with van der Waals surface area (Å²) in [5.74, 6) is 0.539. The van der Waals surface area contributed by atoms with Gasteiger partial charge >= 0.3 is 0 Å². The van der Waals surface area contributed by atoms with Crippen molar-refractivity contribution >= 4 is 32.6 Å². The van der Waals surface area contributed by atoms with Crippen molar-refractivity contribution in [3.8, 4) is 5.75 Å². The first-order valence-corrected chi connectivity index (χ1v) is 8.59. The number of halogens is 1. The standard InChI is InChI=1S/C20H18BrNO2/c1-14(24-18-11-9-17(21)10-12-18)20(23)22-13-16-7-4-6-15-5-2-3-8-19(15)16/h2-12,14H,13H2,1H3,(H,22,23)/t14-/m0/s1. The third-order valence-electron chi connectivity index (χ3n) is 3.83. The van der Waals surface area contributed by atoms with E-state index < -0.39 is 6.10 Å². The highest BCUT2D eigenvalue weighted by atomic mass is 79.9. The van der Waals surface area contributed by atoms with Gasteiger partial charge in [0.1, 0.15) is 5.75 Å². The molecule has 0 saturated heterocycles. The number of rotatable bonds is 5. The van der Waals surface area contributed by atoms with Crippen LogP contribution >= 0.6 is 15.9 Å². The Balaban J connectivity index is 1.63. The lowest BCUT2D eigenvalue weighted by Crippen LogP contribution is -2.35. The number of hydrogen-bond acceptors (Lipinski definition) is 2. The molecule has 3 rings (SSSR count). The van der Waals surface area contributed by atoms with Crippen LogP contribution in [0.5, 0.6) is 5.75 Å². The first kappa shape index (κ1) is 16.5. The van der Waals surface area contributed by atoms with E-state index in [0.717, 1.165) is 15.4 Å². The summed E-state index contributed by atoms with van der Waals surface area (Å²) in [6, 6.07) is 21.7. The van der Waals surface area contributed by atoms with E-state index in [1.807, 2.05) is 48.5 Å². The smallest absolute Gasteiger partial charge is 0.261 e. The zero-order valence-corrected chi connectivity index (χ0v) is 14.9. The molecule has 0 heterocycles. The molecule has 0 radical (unpaired) electrons. The second-order valence-corrected chi connectivity index (χ2v) is 6.49. The molecule has 0 aliphatic heterocycles. The summed E-state index contributed by atoms with van der Waals surface area (Å²) in [4.78, 5) is 12.3. The van der Waals surface area contributed by atoms with Crippen LogP contribution in [0, 0.1) is 0 Å². The Labute approximate surface area is 149 Å². The van der Waals surface area contributed by atoms with Crippen LogP contribution in [0.3, 0.4) is 0 Å². The topological polar surface area (TPSA) is 38.3 Å². The lowest BCUT2D eigenvalue weighted by molar-refractivity contribution is -0.127. The molecule has 4 heteroatoms. The summed E-state index contributed by atoms with van der Waals surface area (Å²) >= 11 is 3.38. The molecule has 3 aromatic carbocycles. The van der Waals surface area contributed by atoms with Crippen molar-refractivity contribution < 1.29 is 9.53 Å². The van der Waals surface area contributed by atoms with Gasteiger partial charge in [-0.1, -0.05) is 58.4 Å². The van der Waals surface area contributed by atoms with E-state index in [0.29, 0.717) is 12.3 Å². The quantitative estimate of drug-likeness (QED) is 0.693. The molecule has 0 aliphatic rings. The highest BCUT2D eigenvalue weighted by Crippen LogP contribution is 2.19. The van der Waals surface area contributed by atoms with E-state index in [4.69, 9.17) is 4.74 Å². The van der Waals surface area contributed by atoms with Gasteiger partial charge in [-0.2, -0.15) is 0 Å². The maximum absolute atomic E-state index is 12.3. The van der Waals surface area contributed by atoms with E-state index in [1.165, 1.54) is 5.39 Å². The number of nitrogens with one attached hydrogen (secondary N) is 1. The zero-order valence-electron chi connectivity index (χ0n) is 13.3. The highest BCUT2D eigenvalue weighted by Gasteiger charge is 2.14. The van der Waals surface area contributed by atoms with Crippen LogP contribution in [-0.2, 0) is 11.3 Å². The van der Waals surface area contributed by atoms with Crippen LogP contribution in [-0.4, -0.2) is 12.0 Å². The summed E-state index contributed by atoms with van der Waals surface area (Å²) < 4.78 is 6.65. The minimum atomic E-state index is -0.554. The zero-order chi connectivity index (χ0) is 16.9. The minimum Gasteiger partial charge on any atom is -0.481 e. The SMILES string of the molecule is C[C@H](Oc1ccc(Br)cc1)C(=O)NCc1cccc2ccccc12. The van der Waals surface area contributed by atoms with Crippen LogP contribution < -0.4 is 10.1 Å². The van der Waals surface area contributed by atoms with Gasteiger partial charge in [0.05, 0.1) is 0 Å². The fourth-order valence-electron chi connectivity index (χ4n) is 2.54. The van der Waals surface area contributed by atoms with Crippen molar-refractivity contribution in [3.05, 3.63) is 76.8 Å². The molecule has 1 amide bonds. The Morgan fingerprint density at radius 2 is 1.75 bits per heavy atom. The monoisotopic (exact) mass is 383 g/mol. The molecule has 122 valence electrons. The molecule has 0 fully saturated rings. The Bertz CT molecular complexity index is 840. The molecular weight excluding hydrogens is 366 g/mol. The van der Waals surface area contributed by atoms with Crippen LogP contribution in [0.1, 0.15) is 12.5 Å². The number of amides is 1. The number of ether oxygens (including phenoxy) is 1. The van der Waals surface area contributed by atoms with Gasteiger partial charge in [-0.15, -0.1) is 0 Å². The number of carbonyl (C=O) groups excluding carboxylic acids is 1. The van der Waals surface area contributed by atoms with Gasteiger partial charge in [0.15, 0.2) is 6.10 Å². The molecule has 0 saturated carbocycles. The molecule has 0 aliphatic carbocycles. The predicted molar refractivity (Wildman–Crippen MR) is 100 cm³/mol. The normalized spacial score (nSPS) is 11.9. The van der Waals surface area contributed by atoms with Gasteiger partial charge < -0.3 is 10.1 Å². The molecule has 3 aromatic rings. The first-order valence-electron chi connectivity index (χ1n) is 7.80. The van der Waals surface area contributed by atoms with Gasteiger partial charge in [-0.25, -0.2) is 0 Å². The number of hydrogen-bond donors (Lipinski definition) is 1. The lowest BCUT2D eigenvalue weighted by atomic mass is 10.0. The van der Waals surface area contributed by atoms with Crippen molar-refractivity contribution in [2.45, 2.75) is 19.6 Å². The number of carbonyl (C=O) groups is 1. The fourth-order valence-corrected chi connectivity index (χ4v) is 2.81. The molecule has 0 bridgehead atoms. The number of fused-ring (bicyclic) bond motifs is 1. The molecule has 0 unspecified atom stereocenters. The summed E-state index contributed by atoms with van der Waals surface area (Å²) in [6.45, 7) is 2.23. The van der Waals surface area contributed by atoms with Gasteiger partial charge in [0.2, 0.25) is 0 Å². The van der Waals surface area contributed by atoms with Crippen molar-refractivity contribution in [1.82, 2.24) is 5.32 Å². The third-order valence-corrected chi connectivity index (χ3v) is 4.36. The fraction of sp³-hybridized carbons (Fsp3) is 0.150. The molecule has 24 heavy (non-hydrogen) atoms. The highest BCUT2D eigenvalue weighted by molar-refractivity contribution is 9.10. The van der Waals surface area contributed by atoms with E-state index in [-0.39, 0.29) is 5.91 Å². The largest absolute Gasteiger partial charge is 0.481 e. The van der Waals surface area contributed by atoms with Crippen LogP contribution in [0.15, 0.2) is 71.2 Å². The number of benzene rings is 3. The van der Waals surface area contributed by atoms with Crippen LogP contribution in [0.25, 0.3) is 10.8 Å². The Hall–Kier alpha value is -2.33. The average molecular weight is 384 g/mol. The maximum Gasteiger partial charge on any atom is 0.261 e. The van der Waals surface area contributed by atoms with E-state index >= 15 is 0 Å². The van der Waals surface area contributed by atoms with E-state index in [9.17, 15) is 4.79 Å². The summed E-state index contributed by atoms with van der Waals surface area (Å²) in [6.07, 6.45) is -0.554. The Morgan fingerprint density at radius 1 is 1.04 bits per heavy atom. The van der Waals surface area contributed by atoms with Gasteiger partial charge in [0.25, 0.3) is 5.91 Å². The van der Waals surface area contributed by atoms with E-state index in [2.05, 4.69) is 39.4 Å². The third kappa shape index (κ3) is 3.95. The van der Waals surface area contributed by atoms with Crippen molar-refractivity contribution in [2.24, 2.45) is 0 Å². The lowest BCUT2D eigenvalue weighted by Gasteiger charge is -2.15. The Kier molecular flexibility index (Phi) is 5.16. The minimum absolute atomic E-state index is 0.133. The van der Waals surface area contributed by atoms with Gasteiger partial charge in [-0.3, -0.25) is 4.79 Å². The molecule has 1 N–H and O–H groups in total. The second kappa shape index (κ2) is 7.49. The molecular formula is C20H18BrNO2. The first-order chi connectivity index (χ1) is 11.6. The summed E-state index contributed by atoms with van der Waals surface area (Å²) in [5, 5.41) is 5.27. The summed E-state index contributed by atoms with van der Waals surface area (Å²) in [7, 11) is 0. The molecule has 3 nitrogen and oxygen atoms in total. The Morgan fingerprint density at radius 3 is 2.54 bits per heavy atom. The summed E-state index contributed by atoms with van der Waals surface area (Å²) in [5.41, 5.74) is 1.09. The molecule has 1 atom stereocenters. The molecule has 0 aromatic heterocycles. The van der Waals surface area contributed by atoms with Gasteiger partial charge in [-0.05, 0) is 47.5 Å². The van der Waals surface area contributed by atoms with E-state index in [1.54, 1.807) is 6.92 Å². The van der Waals surface area contributed by atoms with Crippen LogP contribution in [0.2, 0.25) is 0 Å². The average Bonchev–Trinajstić information content (AvgIpc) is 2.61. The predicted octanol–water partition coefficient (Wildman–Crippen LogP) is 4.69. The maximum atomic E-state index is 12.3. The van der Waals surface area contributed by atoms with Crippen LogP contribution in [0.4, 0.5) is 0 Å². The molecule has 0 spiro atoms.